The van der Waals surface area contributed by atoms with Crippen molar-refractivity contribution in [2.75, 3.05) is 10.6 Å². The first-order valence-electron chi connectivity index (χ1n) is 9.06. The molecular weight excluding hydrogens is 320 g/mol. The number of anilines is 3. The van der Waals surface area contributed by atoms with Gasteiger partial charge < -0.3 is 10.6 Å². The number of nitrogens with one attached hydrogen (secondary N) is 2. The normalized spacial score (nSPS) is 12.0. The average Bonchev–Trinajstić information content (AvgIpc) is 2.62. The number of aryl methyl sites for hydroxylation is 1. The van der Waals surface area contributed by atoms with E-state index in [4.69, 9.17) is 0 Å². The molecule has 26 heavy (non-hydrogen) atoms. The van der Waals surface area contributed by atoms with Gasteiger partial charge >= 0.3 is 0 Å². The van der Waals surface area contributed by atoms with Gasteiger partial charge in [0, 0.05) is 17.4 Å². The van der Waals surface area contributed by atoms with Crippen LogP contribution in [0.4, 0.5) is 17.5 Å². The Morgan fingerprint density at radius 1 is 0.846 bits per heavy atom. The summed E-state index contributed by atoms with van der Waals surface area (Å²) in [6.45, 7) is 8.49. The minimum atomic E-state index is 0.133. The molecule has 0 amide bonds. The van der Waals surface area contributed by atoms with E-state index < -0.39 is 0 Å². The van der Waals surface area contributed by atoms with E-state index in [0.717, 1.165) is 17.2 Å². The van der Waals surface area contributed by atoms with Crippen LogP contribution in [0.1, 0.15) is 49.6 Å². The highest BCUT2D eigenvalue weighted by atomic mass is 15.2. The van der Waals surface area contributed by atoms with Crippen LogP contribution in [0.2, 0.25) is 0 Å². The highest BCUT2D eigenvalue weighted by Gasteiger charge is 2.10. The molecule has 4 heteroatoms. The maximum absolute atomic E-state index is 4.66. The molecule has 4 nitrogen and oxygen atoms in total. The van der Waals surface area contributed by atoms with Crippen molar-refractivity contribution in [3.63, 3.8) is 0 Å². The van der Waals surface area contributed by atoms with Gasteiger partial charge in [-0.3, -0.25) is 0 Å². The van der Waals surface area contributed by atoms with Gasteiger partial charge in [-0.15, -0.1) is 0 Å². The molecular formula is C22H26N4. The predicted octanol–water partition coefficient (Wildman–Crippen LogP) is 5.83. The molecule has 0 fully saturated rings. The van der Waals surface area contributed by atoms with Crippen LogP contribution in [0.25, 0.3) is 0 Å². The maximum Gasteiger partial charge on any atom is 0.225 e. The van der Waals surface area contributed by atoms with Gasteiger partial charge in [0.2, 0.25) is 5.95 Å². The largest absolute Gasteiger partial charge is 0.348 e. The van der Waals surface area contributed by atoms with Crippen molar-refractivity contribution in [3.05, 3.63) is 77.5 Å². The molecule has 134 valence electrons. The molecule has 3 rings (SSSR count). The molecule has 0 radical (unpaired) electrons. The van der Waals surface area contributed by atoms with Crippen LogP contribution in [-0.4, -0.2) is 9.97 Å². The molecule has 1 unspecified atom stereocenters. The van der Waals surface area contributed by atoms with E-state index in [1.54, 1.807) is 0 Å². The molecule has 1 aromatic heterocycles. The Labute approximate surface area is 155 Å². The first-order valence-corrected chi connectivity index (χ1v) is 9.06. The van der Waals surface area contributed by atoms with Crippen molar-refractivity contribution in [3.8, 4) is 0 Å². The number of benzene rings is 2. The minimum absolute atomic E-state index is 0.133. The second-order valence-corrected chi connectivity index (χ2v) is 6.86. The SMILES string of the molecule is Cc1cc(Nc2ccccc2C(C)C)nc(NC(C)c2ccccc2)n1. The Morgan fingerprint density at radius 2 is 1.54 bits per heavy atom. The monoisotopic (exact) mass is 346 g/mol. The minimum Gasteiger partial charge on any atom is -0.348 e. The second kappa shape index (κ2) is 8.00. The van der Waals surface area contributed by atoms with Crippen LogP contribution in [0, 0.1) is 6.92 Å². The van der Waals surface area contributed by atoms with Crippen LogP contribution < -0.4 is 10.6 Å². The van der Waals surface area contributed by atoms with Gasteiger partial charge in [0.15, 0.2) is 0 Å². The Hall–Kier alpha value is -2.88. The van der Waals surface area contributed by atoms with Crippen molar-refractivity contribution in [1.29, 1.82) is 0 Å². The van der Waals surface area contributed by atoms with Gasteiger partial charge in [0.25, 0.3) is 0 Å². The van der Waals surface area contributed by atoms with Gasteiger partial charge in [0.05, 0.1) is 6.04 Å². The second-order valence-electron chi connectivity index (χ2n) is 6.86. The molecule has 0 bridgehead atoms. The molecule has 1 atom stereocenters. The lowest BCUT2D eigenvalue weighted by molar-refractivity contribution is 0.857. The number of aromatic nitrogens is 2. The molecule has 3 aromatic rings. The lowest BCUT2D eigenvalue weighted by atomic mass is 10.0. The topological polar surface area (TPSA) is 49.8 Å². The van der Waals surface area contributed by atoms with E-state index >= 15 is 0 Å². The van der Waals surface area contributed by atoms with E-state index in [-0.39, 0.29) is 6.04 Å². The lowest BCUT2D eigenvalue weighted by Gasteiger charge is -2.17. The Morgan fingerprint density at radius 3 is 2.27 bits per heavy atom. The van der Waals surface area contributed by atoms with Crippen LogP contribution in [0.3, 0.4) is 0 Å². The summed E-state index contributed by atoms with van der Waals surface area (Å²) in [5.41, 5.74) is 4.49. The summed E-state index contributed by atoms with van der Waals surface area (Å²) in [5.74, 6) is 1.87. The average molecular weight is 346 g/mol. The number of hydrogen-bond donors (Lipinski definition) is 2. The van der Waals surface area contributed by atoms with Crippen LogP contribution >= 0.6 is 0 Å². The van der Waals surface area contributed by atoms with E-state index in [9.17, 15) is 0 Å². The zero-order chi connectivity index (χ0) is 18.5. The van der Waals surface area contributed by atoms with Crippen LogP contribution in [-0.2, 0) is 0 Å². The van der Waals surface area contributed by atoms with E-state index in [2.05, 4.69) is 71.7 Å². The van der Waals surface area contributed by atoms with Gasteiger partial charge in [-0.25, -0.2) is 4.98 Å². The fourth-order valence-electron chi connectivity index (χ4n) is 2.97. The third kappa shape index (κ3) is 4.39. The van der Waals surface area contributed by atoms with Crippen LogP contribution in [0.15, 0.2) is 60.7 Å². The molecule has 0 aliphatic carbocycles. The highest BCUT2D eigenvalue weighted by molar-refractivity contribution is 5.62. The first kappa shape index (κ1) is 17.9. The summed E-state index contributed by atoms with van der Waals surface area (Å²) < 4.78 is 0. The number of hydrogen-bond acceptors (Lipinski definition) is 4. The molecule has 0 aliphatic heterocycles. The Kier molecular flexibility index (Phi) is 5.52. The van der Waals surface area contributed by atoms with Gasteiger partial charge in [-0.2, -0.15) is 4.98 Å². The predicted molar refractivity (Wildman–Crippen MR) is 109 cm³/mol. The van der Waals surface area contributed by atoms with Gasteiger partial charge in [-0.05, 0) is 37.0 Å². The number of rotatable bonds is 6. The molecule has 0 spiro atoms. The summed E-state index contributed by atoms with van der Waals surface area (Å²) in [6, 6.07) is 20.8. The maximum atomic E-state index is 4.66. The zero-order valence-corrected chi connectivity index (χ0v) is 15.8. The fraction of sp³-hybridized carbons (Fsp3) is 0.273. The third-order valence-electron chi connectivity index (χ3n) is 4.34. The highest BCUT2D eigenvalue weighted by Crippen LogP contribution is 2.27. The van der Waals surface area contributed by atoms with Crippen molar-refractivity contribution in [2.24, 2.45) is 0 Å². The van der Waals surface area contributed by atoms with Crippen molar-refractivity contribution < 1.29 is 0 Å². The third-order valence-corrected chi connectivity index (χ3v) is 4.34. The van der Waals surface area contributed by atoms with Gasteiger partial charge in [-0.1, -0.05) is 62.4 Å². The summed E-state index contributed by atoms with van der Waals surface area (Å²) >= 11 is 0. The molecule has 0 aliphatic rings. The lowest BCUT2D eigenvalue weighted by Crippen LogP contribution is -2.11. The van der Waals surface area contributed by atoms with E-state index in [1.165, 1.54) is 11.1 Å². The first-order chi connectivity index (χ1) is 12.5. The Bertz CT molecular complexity index is 859. The summed E-state index contributed by atoms with van der Waals surface area (Å²) in [5, 5.41) is 6.86. The van der Waals surface area contributed by atoms with E-state index in [0.29, 0.717) is 11.9 Å². The molecule has 2 N–H and O–H groups in total. The summed E-state index contributed by atoms with van der Waals surface area (Å²) in [4.78, 5) is 9.20. The van der Waals surface area contributed by atoms with Gasteiger partial charge in [0.1, 0.15) is 5.82 Å². The molecule has 2 aromatic carbocycles. The number of para-hydroxylation sites is 1. The Balaban J connectivity index is 1.82. The smallest absolute Gasteiger partial charge is 0.225 e. The zero-order valence-electron chi connectivity index (χ0n) is 15.8. The quantitative estimate of drug-likeness (QED) is 0.590. The van der Waals surface area contributed by atoms with E-state index in [1.807, 2.05) is 37.3 Å². The standard InChI is InChI=1S/C22H26N4/c1-15(2)19-12-8-9-13-20(19)25-21-14-16(3)23-22(26-21)24-17(4)18-10-6-5-7-11-18/h5-15,17H,1-4H3,(H2,23,24,25,26). The molecule has 0 saturated carbocycles. The summed E-state index contributed by atoms with van der Waals surface area (Å²) in [6.07, 6.45) is 0. The fourth-order valence-corrected chi connectivity index (χ4v) is 2.97. The summed E-state index contributed by atoms with van der Waals surface area (Å²) in [7, 11) is 0. The van der Waals surface area contributed by atoms with Crippen LogP contribution in [0.5, 0.6) is 0 Å². The van der Waals surface area contributed by atoms with Crippen molar-refractivity contribution in [1.82, 2.24) is 9.97 Å². The number of nitrogens with zero attached hydrogens (tertiary/aromatic N) is 2. The molecule has 1 heterocycles. The van der Waals surface area contributed by atoms with Crippen molar-refractivity contribution in [2.45, 2.75) is 39.7 Å². The van der Waals surface area contributed by atoms with Crippen molar-refractivity contribution >= 4 is 17.5 Å². The molecule has 0 saturated heterocycles.